The van der Waals surface area contributed by atoms with Crippen LogP contribution in [0.25, 0.3) is 0 Å². The first-order chi connectivity index (χ1) is 5.06. The molecule has 0 aliphatic rings. The van der Waals surface area contributed by atoms with E-state index in [1.54, 1.807) is 0 Å². The lowest BCUT2D eigenvalue weighted by Gasteiger charge is -2.00. The topological polar surface area (TPSA) is 46.2 Å². The largest absolute Gasteiger partial charge is 0.316 e. The van der Waals surface area contributed by atoms with Gasteiger partial charge in [-0.15, -0.1) is 0 Å². The van der Waals surface area contributed by atoms with Gasteiger partial charge < -0.3 is 5.32 Å². The molecular formula is C6H14INO2S. The molecule has 0 rings (SSSR count). The van der Waals surface area contributed by atoms with Gasteiger partial charge in [0, 0.05) is 17.2 Å². The van der Waals surface area contributed by atoms with Crippen LogP contribution in [0.4, 0.5) is 0 Å². The molecule has 0 unspecified atom stereocenters. The lowest BCUT2D eigenvalue weighted by molar-refractivity contribution is 0.596. The quantitative estimate of drug-likeness (QED) is 0.439. The molecule has 0 saturated heterocycles. The highest BCUT2D eigenvalue weighted by molar-refractivity contribution is 14.1. The van der Waals surface area contributed by atoms with E-state index in [1.807, 2.05) is 0 Å². The van der Waals surface area contributed by atoms with Crippen molar-refractivity contribution in [3.8, 4) is 0 Å². The van der Waals surface area contributed by atoms with Crippen LogP contribution >= 0.6 is 22.6 Å². The molecule has 0 aromatic heterocycles. The normalized spacial score (nSPS) is 11.8. The minimum atomic E-state index is -2.75. The van der Waals surface area contributed by atoms with E-state index in [9.17, 15) is 8.42 Å². The summed E-state index contributed by atoms with van der Waals surface area (Å²) in [6, 6.07) is 0. The molecule has 5 heteroatoms. The van der Waals surface area contributed by atoms with Gasteiger partial charge in [0.1, 0.15) is 9.84 Å². The number of sulfone groups is 1. The van der Waals surface area contributed by atoms with Crippen LogP contribution in [0.2, 0.25) is 0 Å². The SMILES string of the molecule is CS(=O)(=O)CCCNCCI. The Kier molecular flexibility index (Phi) is 6.55. The van der Waals surface area contributed by atoms with Crippen LogP contribution in [0, 0.1) is 0 Å². The number of nitrogens with one attached hydrogen (secondary N) is 1. The maximum absolute atomic E-state index is 10.6. The van der Waals surface area contributed by atoms with E-state index >= 15 is 0 Å². The average Bonchev–Trinajstić information content (AvgIpc) is 1.85. The first kappa shape index (κ1) is 11.6. The predicted molar refractivity (Wildman–Crippen MR) is 56.1 cm³/mol. The van der Waals surface area contributed by atoms with Crippen molar-refractivity contribution in [2.45, 2.75) is 6.42 Å². The average molecular weight is 291 g/mol. The van der Waals surface area contributed by atoms with Gasteiger partial charge >= 0.3 is 0 Å². The lowest BCUT2D eigenvalue weighted by atomic mass is 10.5. The molecular weight excluding hydrogens is 277 g/mol. The molecule has 0 saturated carbocycles. The number of alkyl halides is 1. The smallest absolute Gasteiger partial charge is 0.147 e. The molecule has 0 aromatic rings. The molecule has 0 amide bonds. The van der Waals surface area contributed by atoms with E-state index in [2.05, 4.69) is 27.9 Å². The molecule has 0 bridgehead atoms. The van der Waals surface area contributed by atoms with Gasteiger partial charge in [-0.1, -0.05) is 22.6 Å². The standard InChI is InChI=1S/C6H14INO2S/c1-11(9,10)6-2-4-8-5-3-7/h8H,2-6H2,1H3. The number of hydrogen-bond donors (Lipinski definition) is 1. The maximum Gasteiger partial charge on any atom is 0.147 e. The third-order valence-electron chi connectivity index (χ3n) is 1.14. The molecule has 0 fully saturated rings. The lowest BCUT2D eigenvalue weighted by Crippen LogP contribution is -2.19. The minimum absolute atomic E-state index is 0.293. The van der Waals surface area contributed by atoms with Crippen LogP contribution in [0.1, 0.15) is 6.42 Å². The fraction of sp³-hybridized carbons (Fsp3) is 1.00. The minimum Gasteiger partial charge on any atom is -0.316 e. The Labute approximate surface area is 82.0 Å². The molecule has 0 aliphatic carbocycles. The Morgan fingerprint density at radius 3 is 2.45 bits per heavy atom. The van der Waals surface area contributed by atoms with E-state index in [1.165, 1.54) is 6.26 Å². The van der Waals surface area contributed by atoms with Crippen molar-refractivity contribution in [1.82, 2.24) is 5.32 Å². The molecule has 68 valence electrons. The second-order valence-corrected chi connectivity index (χ2v) is 5.76. The van der Waals surface area contributed by atoms with Crippen LogP contribution in [0.15, 0.2) is 0 Å². The highest BCUT2D eigenvalue weighted by atomic mass is 127. The first-order valence-electron chi connectivity index (χ1n) is 3.50. The van der Waals surface area contributed by atoms with Crippen molar-refractivity contribution in [3.63, 3.8) is 0 Å². The Morgan fingerprint density at radius 2 is 2.00 bits per heavy atom. The fourth-order valence-corrected chi connectivity index (χ4v) is 1.70. The maximum atomic E-state index is 10.6. The number of hydrogen-bond acceptors (Lipinski definition) is 3. The summed E-state index contributed by atoms with van der Waals surface area (Å²) in [6.07, 6.45) is 1.99. The van der Waals surface area contributed by atoms with Crippen LogP contribution in [0.5, 0.6) is 0 Å². The Hall–Kier alpha value is 0.640. The molecule has 0 heterocycles. The van der Waals surface area contributed by atoms with Crippen molar-refractivity contribution in [2.75, 3.05) is 29.5 Å². The summed E-state index contributed by atoms with van der Waals surface area (Å²) in [7, 11) is -2.75. The molecule has 0 aromatic carbocycles. The van der Waals surface area contributed by atoms with Crippen molar-refractivity contribution in [1.29, 1.82) is 0 Å². The van der Waals surface area contributed by atoms with Crippen molar-refractivity contribution in [2.24, 2.45) is 0 Å². The summed E-state index contributed by atoms with van der Waals surface area (Å²) in [5.74, 6) is 0.293. The zero-order valence-corrected chi connectivity index (χ0v) is 9.61. The van der Waals surface area contributed by atoms with Gasteiger partial charge in [-0.05, 0) is 13.0 Å². The van der Waals surface area contributed by atoms with Crippen LogP contribution in [0.3, 0.4) is 0 Å². The third-order valence-corrected chi connectivity index (χ3v) is 2.71. The summed E-state index contributed by atoms with van der Waals surface area (Å²) in [5, 5.41) is 3.14. The van der Waals surface area contributed by atoms with E-state index in [4.69, 9.17) is 0 Å². The van der Waals surface area contributed by atoms with E-state index in [0.717, 1.165) is 23.9 Å². The van der Waals surface area contributed by atoms with Gasteiger partial charge in [0.05, 0.1) is 5.75 Å². The molecule has 0 spiro atoms. The Bertz CT molecular complexity index is 179. The highest BCUT2D eigenvalue weighted by Gasteiger charge is 1.99. The summed E-state index contributed by atoms with van der Waals surface area (Å²) < 4.78 is 22.3. The zero-order valence-electron chi connectivity index (χ0n) is 6.64. The first-order valence-corrected chi connectivity index (χ1v) is 7.09. The molecule has 0 radical (unpaired) electrons. The van der Waals surface area contributed by atoms with Gasteiger partial charge in [0.2, 0.25) is 0 Å². The molecule has 0 atom stereocenters. The number of rotatable bonds is 6. The summed E-state index contributed by atoms with van der Waals surface area (Å²) in [5.41, 5.74) is 0. The van der Waals surface area contributed by atoms with E-state index < -0.39 is 9.84 Å². The predicted octanol–water partition coefficient (Wildman–Crippen LogP) is 0.446. The van der Waals surface area contributed by atoms with E-state index in [0.29, 0.717) is 5.75 Å². The van der Waals surface area contributed by atoms with Gasteiger partial charge in [0.15, 0.2) is 0 Å². The van der Waals surface area contributed by atoms with Gasteiger partial charge in [-0.25, -0.2) is 8.42 Å². The Morgan fingerprint density at radius 1 is 1.36 bits per heavy atom. The molecule has 11 heavy (non-hydrogen) atoms. The van der Waals surface area contributed by atoms with Crippen molar-refractivity contribution < 1.29 is 8.42 Å². The monoisotopic (exact) mass is 291 g/mol. The second kappa shape index (κ2) is 6.19. The molecule has 0 aliphatic heterocycles. The van der Waals surface area contributed by atoms with Gasteiger partial charge in [-0.3, -0.25) is 0 Å². The fourth-order valence-electron chi connectivity index (χ4n) is 0.651. The van der Waals surface area contributed by atoms with Crippen LogP contribution in [-0.4, -0.2) is 37.9 Å². The van der Waals surface area contributed by atoms with Crippen molar-refractivity contribution in [3.05, 3.63) is 0 Å². The van der Waals surface area contributed by atoms with Crippen molar-refractivity contribution >= 4 is 32.4 Å². The van der Waals surface area contributed by atoms with E-state index in [-0.39, 0.29) is 0 Å². The summed E-state index contributed by atoms with van der Waals surface area (Å²) in [4.78, 5) is 0. The summed E-state index contributed by atoms with van der Waals surface area (Å²) >= 11 is 2.27. The molecule has 3 nitrogen and oxygen atoms in total. The van der Waals surface area contributed by atoms with Crippen LogP contribution < -0.4 is 5.32 Å². The third kappa shape index (κ3) is 10.6. The van der Waals surface area contributed by atoms with Gasteiger partial charge in [0.25, 0.3) is 0 Å². The molecule has 1 N–H and O–H groups in total. The highest BCUT2D eigenvalue weighted by Crippen LogP contribution is 1.86. The second-order valence-electron chi connectivity index (χ2n) is 2.42. The zero-order chi connectivity index (χ0) is 8.74. The number of halogens is 1. The van der Waals surface area contributed by atoms with Gasteiger partial charge in [-0.2, -0.15) is 0 Å². The van der Waals surface area contributed by atoms with Crippen LogP contribution in [-0.2, 0) is 9.84 Å². The Balaban J connectivity index is 3.16. The summed E-state index contributed by atoms with van der Waals surface area (Å²) in [6.45, 7) is 1.76.